The molecule has 0 bridgehead atoms. The van der Waals surface area contributed by atoms with E-state index in [0.29, 0.717) is 18.8 Å². The molecular formula is C24H29N3O2. The van der Waals surface area contributed by atoms with Gasteiger partial charge in [0.05, 0.1) is 6.54 Å². The molecule has 0 fully saturated rings. The molecule has 1 unspecified atom stereocenters. The van der Waals surface area contributed by atoms with Crippen LogP contribution in [0.1, 0.15) is 44.4 Å². The molecule has 0 aliphatic heterocycles. The smallest absolute Gasteiger partial charge is 0.261 e. The van der Waals surface area contributed by atoms with E-state index in [1.54, 1.807) is 13.1 Å². The number of carbonyl (C=O) groups excluding carboxylic acids is 1. The SMILES string of the molecule is CC(Oc1ccc(C(C)(C)C)cc1)C(=O)NCc1cccc(Cn2cccn2)c1. The Hall–Kier alpha value is -3.08. The molecule has 0 aliphatic rings. The van der Waals surface area contributed by atoms with Crippen LogP contribution in [0.4, 0.5) is 0 Å². The van der Waals surface area contributed by atoms with E-state index in [-0.39, 0.29) is 11.3 Å². The van der Waals surface area contributed by atoms with Gasteiger partial charge in [-0.1, -0.05) is 57.2 Å². The highest BCUT2D eigenvalue weighted by Crippen LogP contribution is 2.24. The van der Waals surface area contributed by atoms with E-state index < -0.39 is 6.10 Å². The van der Waals surface area contributed by atoms with Crippen LogP contribution in [0.25, 0.3) is 0 Å². The second-order valence-corrected chi connectivity index (χ2v) is 8.28. The molecule has 0 radical (unpaired) electrons. The number of benzene rings is 2. The molecule has 1 amide bonds. The standard InChI is InChI=1S/C24H29N3O2/c1-18(29-22-11-9-21(10-12-22)24(2,3)4)23(28)25-16-19-7-5-8-20(15-19)17-27-14-6-13-26-27/h5-15,18H,16-17H2,1-4H3,(H,25,28). The van der Waals surface area contributed by atoms with E-state index in [0.717, 1.165) is 11.1 Å². The Morgan fingerprint density at radius 3 is 2.48 bits per heavy atom. The minimum absolute atomic E-state index is 0.0907. The summed E-state index contributed by atoms with van der Waals surface area (Å²) in [6.07, 6.45) is 3.13. The Balaban J connectivity index is 1.52. The number of nitrogens with one attached hydrogen (secondary N) is 1. The van der Waals surface area contributed by atoms with Crippen molar-refractivity contribution in [3.8, 4) is 5.75 Å². The van der Waals surface area contributed by atoms with Gasteiger partial charge in [0, 0.05) is 18.9 Å². The molecule has 0 saturated heterocycles. The van der Waals surface area contributed by atoms with Gasteiger partial charge in [-0.3, -0.25) is 9.48 Å². The van der Waals surface area contributed by atoms with Gasteiger partial charge in [0.15, 0.2) is 6.10 Å². The average Bonchev–Trinajstić information content (AvgIpc) is 3.19. The van der Waals surface area contributed by atoms with Gasteiger partial charge >= 0.3 is 0 Å². The van der Waals surface area contributed by atoms with Crippen LogP contribution in [-0.2, 0) is 23.3 Å². The normalized spacial score (nSPS) is 12.4. The third-order valence-corrected chi connectivity index (χ3v) is 4.76. The largest absolute Gasteiger partial charge is 0.481 e. The van der Waals surface area contributed by atoms with Crippen molar-refractivity contribution < 1.29 is 9.53 Å². The minimum atomic E-state index is -0.567. The van der Waals surface area contributed by atoms with Gasteiger partial charge in [0.1, 0.15) is 5.75 Å². The molecule has 0 aliphatic carbocycles. The van der Waals surface area contributed by atoms with Crippen LogP contribution >= 0.6 is 0 Å². The van der Waals surface area contributed by atoms with E-state index in [9.17, 15) is 4.79 Å². The maximum absolute atomic E-state index is 12.4. The highest BCUT2D eigenvalue weighted by molar-refractivity contribution is 5.80. The maximum atomic E-state index is 12.4. The van der Waals surface area contributed by atoms with Gasteiger partial charge in [-0.05, 0) is 47.2 Å². The third kappa shape index (κ3) is 5.95. The molecule has 2 aromatic carbocycles. The predicted molar refractivity (Wildman–Crippen MR) is 115 cm³/mol. The third-order valence-electron chi connectivity index (χ3n) is 4.76. The zero-order valence-corrected chi connectivity index (χ0v) is 17.6. The number of hydrogen-bond donors (Lipinski definition) is 1. The Morgan fingerprint density at radius 2 is 1.83 bits per heavy atom. The number of ether oxygens (including phenoxy) is 1. The molecule has 1 aromatic heterocycles. The van der Waals surface area contributed by atoms with Crippen molar-refractivity contribution in [2.24, 2.45) is 0 Å². The van der Waals surface area contributed by atoms with E-state index in [2.05, 4.69) is 43.3 Å². The number of rotatable bonds is 7. The second kappa shape index (κ2) is 8.95. The summed E-state index contributed by atoms with van der Waals surface area (Å²) in [6.45, 7) is 9.44. The summed E-state index contributed by atoms with van der Waals surface area (Å²) < 4.78 is 7.68. The van der Waals surface area contributed by atoms with E-state index in [1.165, 1.54) is 5.56 Å². The van der Waals surface area contributed by atoms with Crippen LogP contribution in [0.5, 0.6) is 5.75 Å². The van der Waals surface area contributed by atoms with Crippen molar-refractivity contribution in [2.45, 2.75) is 52.3 Å². The second-order valence-electron chi connectivity index (χ2n) is 8.28. The predicted octanol–water partition coefficient (Wildman–Crippen LogP) is 4.31. The summed E-state index contributed by atoms with van der Waals surface area (Å²) >= 11 is 0. The van der Waals surface area contributed by atoms with Crippen molar-refractivity contribution in [3.05, 3.63) is 83.7 Å². The van der Waals surface area contributed by atoms with Gasteiger partial charge in [-0.25, -0.2) is 0 Å². The van der Waals surface area contributed by atoms with Crippen LogP contribution in [0.2, 0.25) is 0 Å². The summed E-state index contributed by atoms with van der Waals surface area (Å²) in [6, 6.07) is 18.0. The van der Waals surface area contributed by atoms with Crippen LogP contribution in [0.3, 0.4) is 0 Å². The molecule has 152 valence electrons. The molecular weight excluding hydrogens is 362 g/mol. The Labute approximate surface area is 172 Å². The molecule has 3 aromatic rings. The van der Waals surface area contributed by atoms with Gasteiger partial charge in [0.25, 0.3) is 5.91 Å². The average molecular weight is 392 g/mol. The monoisotopic (exact) mass is 391 g/mol. The van der Waals surface area contributed by atoms with E-state index >= 15 is 0 Å². The first-order chi connectivity index (χ1) is 13.8. The van der Waals surface area contributed by atoms with Crippen LogP contribution in [-0.4, -0.2) is 21.8 Å². The highest BCUT2D eigenvalue weighted by Gasteiger charge is 2.16. The van der Waals surface area contributed by atoms with Gasteiger partial charge in [0.2, 0.25) is 0 Å². The highest BCUT2D eigenvalue weighted by atomic mass is 16.5. The molecule has 3 rings (SSSR count). The molecule has 5 nitrogen and oxygen atoms in total. The zero-order chi connectivity index (χ0) is 20.9. The molecule has 1 heterocycles. The van der Waals surface area contributed by atoms with Crippen LogP contribution in [0, 0.1) is 0 Å². The number of nitrogens with zero attached hydrogens (tertiary/aromatic N) is 2. The minimum Gasteiger partial charge on any atom is -0.481 e. The number of carbonyl (C=O) groups is 1. The lowest BCUT2D eigenvalue weighted by atomic mass is 9.87. The van der Waals surface area contributed by atoms with Crippen LogP contribution in [0.15, 0.2) is 67.0 Å². The molecule has 1 N–H and O–H groups in total. The Kier molecular flexibility index (Phi) is 6.37. The lowest BCUT2D eigenvalue weighted by Gasteiger charge is -2.20. The van der Waals surface area contributed by atoms with Crippen molar-refractivity contribution in [1.29, 1.82) is 0 Å². The summed E-state index contributed by atoms with van der Waals surface area (Å²) in [4.78, 5) is 12.4. The first-order valence-corrected chi connectivity index (χ1v) is 9.91. The van der Waals surface area contributed by atoms with Gasteiger partial charge in [-0.15, -0.1) is 0 Å². The molecule has 1 atom stereocenters. The summed E-state index contributed by atoms with van der Waals surface area (Å²) in [5, 5.41) is 7.18. The van der Waals surface area contributed by atoms with Gasteiger partial charge in [-0.2, -0.15) is 5.10 Å². The zero-order valence-electron chi connectivity index (χ0n) is 17.6. The quantitative estimate of drug-likeness (QED) is 0.653. The van der Waals surface area contributed by atoms with Crippen molar-refractivity contribution in [1.82, 2.24) is 15.1 Å². The van der Waals surface area contributed by atoms with E-state index in [4.69, 9.17) is 4.74 Å². The Morgan fingerprint density at radius 1 is 1.10 bits per heavy atom. The molecule has 5 heteroatoms. The maximum Gasteiger partial charge on any atom is 0.261 e. The van der Waals surface area contributed by atoms with Gasteiger partial charge < -0.3 is 10.1 Å². The summed E-state index contributed by atoms with van der Waals surface area (Å²) in [7, 11) is 0. The fourth-order valence-electron chi connectivity index (χ4n) is 3.04. The number of aromatic nitrogens is 2. The first kappa shape index (κ1) is 20.6. The lowest BCUT2D eigenvalue weighted by Crippen LogP contribution is -2.35. The van der Waals surface area contributed by atoms with E-state index in [1.807, 2.05) is 53.3 Å². The van der Waals surface area contributed by atoms with Crippen LogP contribution < -0.4 is 10.1 Å². The molecule has 29 heavy (non-hydrogen) atoms. The Bertz CT molecular complexity index is 926. The van der Waals surface area contributed by atoms with Crippen molar-refractivity contribution >= 4 is 5.91 Å². The first-order valence-electron chi connectivity index (χ1n) is 9.91. The number of amides is 1. The summed E-state index contributed by atoms with van der Waals surface area (Å²) in [5.74, 6) is 0.559. The summed E-state index contributed by atoms with van der Waals surface area (Å²) in [5.41, 5.74) is 3.51. The fraction of sp³-hybridized carbons (Fsp3) is 0.333. The molecule has 0 saturated carbocycles. The fourth-order valence-corrected chi connectivity index (χ4v) is 3.04. The topological polar surface area (TPSA) is 56.1 Å². The van der Waals surface area contributed by atoms with Crippen molar-refractivity contribution in [2.75, 3.05) is 0 Å². The number of hydrogen-bond acceptors (Lipinski definition) is 3. The lowest BCUT2D eigenvalue weighted by molar-refractivity contribution is -0.127. The molecule has 0 spiro atoms. The van der Waals surface area contributed by atoms with Crippen molar-refractivity contribution in [3.63, 3.8) is 0 Å².